The van der Waals surface area contributed by atoms with Crippen molar-refractivity contribution in [2.45, 2.75) is 5.41 Å². The molecule has 8 aromatic carbocycles. The van der Waals surface area contributed by atoms with Crippen LogP contribution in [0.1, 0.15) is 22.4 Å². The summed E-state index contributed by atoms with van der Waals surface area (Å²) < 4.78 is 2.36. The van der Waals surface area contributed by atoms with Crippen molar-refractivity contribution < 1.29 is 0 Å². The number of benzene rings is 8. The van der Waals surface area contributed by atoms with Crippen molar-refractivity contribution in [3.63, 3.8) is 0 Å². The van der Waals surface area contributed by atoms with Crippen LogP contribution in [0.2, 0.25) is 0 Å². The molecule has 2 aliphatic carbocycles. The maximum absolute atomic E-state index is 5.64. The van der Waals surface area contributed by atoms with Gasteiger partial charge in [0.25, 0.3) is 0 Å². The zero-order valence-electron chi connectivity index (χ0n) is 30.4. The van der Waals surface area contributed by atoms with E-state index in [0.717, 1.165) is 50.7 Å². The molecule has 56 heavy (non-hydrogen) atoms. The molecule has 10 aromatic rings. The molecule has 2 heterocycles. The van der Waals surface area contributed by atoms with Crippen LogP contribution >= 0.6 is 0 Å². The van der Waals surface area contributed by atoms with E-state index in [-0.39, 0.29) is 0 Å². The normalized spacial score (nSPS) is 13.1. The third kappa shape index (κ3) is 4.22. The molecule has 0 bridgehead atoms. The summed E-state index contributed by atoms with van der Waals surface area (Å²) in [5, 5.41) is 2.53. The van der Waals surface area contributed by atoms with Gasteiger partial charge in [-0.15, -0.1) is 0 Å². The van der Waals surface area contributed by atoms with Gasteiger partial charge in [-0.3, -0.25) is 0 Å². The first-order valence-corrected chi connectivity index (χ1v) is 19.3. The molecule has 0 N–H and O–H groups in total. The lowest BCUT2D eigenvalue weighted by Gasteiger charge is -2.29. The van der Waals surface area contributed by atoms with Gasteiger partial charge in [-0.25, -0.2) is 9.97 Å². The van der Waals surface area contributed by atoms with Gasteiger partial charge in [0.05, 0.1) is 27.8 Å². The second kappa shape index (κ2) is 11.8. The van der Waals surface area contributed by atoms with Crippen LogP contribution in [0.15, 0.2) is 200 Å². The first kappa shape index (κ1) is 31.0. The van der Waals surface area contributed by atoms with E-state index in [1.807, 2.05) is 0 Å². The Balaban J connectivity index is 1.01. The Bertz CT molecular complexity index is 3070. The van der Waals surface area contributed by atoms with E-state index in [1.165, 1.54) is 55.2 Å². The first-order chi connectivity index (χ1) is 27.8. The van der Waals surface area contributed by atoms with E-state index in [2.05, 4.69) is 205 Å². The van der Waals surface area contributed by atoms with Gasteiger partial charge in [-0.05, 0) is 68.8 Å². The monoisotopic (exact) mass is 711 g/mol. The van der Waals surface area contributed by atoms with Crippen LogP contribution in [-0.4, -0.2) is 14.5 Å². The molecule has 0 unspecified atom stereocenters. The maximum atomic E-state index is 5.64. The van der Waals surface area contributed by atoms with Gasteiger partial charge >= 0.3 is 0 Å². The van der Waals surface area contributed by atoms with Crippen LogP contribution in [0.25, 0.3) is 83.5 Å². The Hall–Kier alpha value is -7.36. The standard InChI is InChI=1S/C53H33N3/c1-2-14-36(15-3-1)50-49-43-20-6-11-23-46(43)53(44-21-9-4-16-39(44)40-17-5-10-22-45(40)53)51(49)55-52(54-50)37-28-26-34(27-29-37)35-30-32-38(33-31-35)56-47-24-12-7-18-41(47)42-19-8-13-25-48(42)56/h1-33H. The Morgan fingerprint density at radius 3 is 1.43 bits per heavy atom. The summed E-state index contributed by atoms with van der Waals surface area (Å²) in [5.74, 6) is 0.727. The number of nitrogens with zero attached hydrogens (tertiary/aromatic N) is 3. The Kier molecular flexibility index (Phi) is 6.55. The van der Waals surface area contributed by atoms with Crippen molar-refractivity contribution in [3.05, 3.63) is 223 Å². The highest BCUT2D eigenvalue weighted by Gasteiger charge is 2.53. The van der Waals surface area contributed by atoms with E-state index in [9.17, 15) is 0 Å². The lowest BCUT2D eigenvalue weighted by Crippen LogP contribution is -2.27. The Labute approximate surface area is 324 Å². The van der Waals surface area contributed by atoms with Crippen molar-refractivity contribution >= 4 is 21.8 Å². The SMILES string of the molecule is c1ccc(-c2nc(-c3ccc(-c4ccc(-n5c6ccccc6c6ccccc65)cc4)cc3)nc3c2-c2ccccc2C32c3ccccc3-c3ccccc32)cc1. The van der Waals surface area contributed by atoms with Crippen molar-refractivity contribution in [1.82, 2.24) is 14.5 Å². The third-order valence-corrected chi connectivity index (χ3v) is 12.0. The second-order valence-corrected chi connectivity index (χ2v) is 14.9. The number of rotatable bonds is 4. The number of fused-ring (bicyclic) bond motifs is 13. The molecule has 2 aliphatic rings. The number of aromatic nitrogens is 3. The summed E-state index contributed by atoms with van der Waals surface area (Å²) in [4.78, 5) is 11.1. The van der Waals surface area contributed by atoms with E-state index in [1.54, 1.807) is 0 Å². The van der Waals surface area contributed by atoms with Crippen LogP contribution in [0.5, 0.6) is 0 Å². The molecule has 2 aromatic heterocycles. The fourth-order valence-corrected chi connectivity index (χ4v) is 9.67. The van der Waals surface area contributed by atoms with Gasteiger partial charge in [-0.2, -0.15) is 0 Å². The summed E-state index contributed by atoms with van der Waals surface area (Å²) in [6.45, 7) is 0. The summed E-state index contributed by atoms with van der Waals surface area (Å²) in [5.41, 5.74) is 18.0. The van der Waals surface area contributed by atoms with Gasteiger partial charge in [0, 0.05) is 33.2 Å². The number of para-hydroxylation sites is 2. The largest absolute Gasteiger partial charge is 0.309 e. The molecule has 0 fully saturated rings. The molecule has 3 nitrogen and oxygen atoms in total. The van der Waals surface area contributed by atoms with Gasteiger partial charge in [0.1, 0.15) is 0 Å². The fraction of sp³-hybridized carbons (Fsp3) is 0.0189. The minimum atomic E-state index is -0.557. The van der Waals surface area contributed by atoms with Crippen molar-refractivity contribution in [1.29, 1.82) is 0 Å². The molecular weight excluding hydrogens is 679 g/mol. The highest BCUT2D eigenvalue weighted by Crippen LogP contribution is 2.63. The summed E-state index contributed by atoms with van der Waals surface area (Å²) in [6, 6.07) is 72.2. The zero-order chi connectivity index (χ0) is 36.8. The Morgan fingerprint density at radius 2 is 0.821 bits per heavy atom. The molecule has 0 atom stereocenters. The summed E-state index contributed by atoms with van der Waals surface area (Å²) >= 11 is 0. The molecule has 260 valence electrons. The second-order valence-electron chi connectivity index (χ2n) is 14.9. The van der Waals surface area contributed by atoms with E-state index in [4.69, 9.17) is 9.97 Å². The molecule has 0 saturated heterocycles. The summed E-state index contributed by atoms with van der Waals surface area (Å²) in [6.07, 6.45) is 0. The molecule has 1 spiro atoms. The van der Waals surface area contributed by atoms with Gasteiger partial charge < -0.3 is 4.57 Å². The number of hydrogen-bond donors (Lipinski definition) is 0. The highest BCUT2D eigenvalue weighted by atomic mass is 15.0. The van der Waals surface area contributed by atoms with Crippen molar-refractivity contribution in [2.75, 3.05) is 0 Å². The van der Waals surface area contributed by atoms with Crippen LogP contribution in [0.3, 0.4) is 0 Å². The quantitative estimate of drug-likeness (QED) is 0.182. The molecule has 0 saturated carbocycles. The molecule has 0 amide bonds. The smallest absolute Gasteiger partial charge is 0.160 e. The van der Waals surface area contributed by atoms with E-state index < -0.39 is 5.41 Å². The lowest BCUT2D eigenvalue weighted by molar-refractivity contribution is 0.758. The summed E-state index contributed by atoms with van der Waals surface area (Å²) in [7, 11) is 0. The van der Waals surface area contributed by atoms with Gasteiger partial charge in [0.15, 0.2) is 5.82 Å². The zero-order valence-corrected chi connectivity index (χ0v) is 30.4. The first-order valence-electron chi connectivity index (χ1n) is 19.3. The van der Waals surface area contributed by atoms with Crippen LogP contribution < -0.4 is 0 Å². The molecular formula is C53H33N3. The van der Waals surface area contributed by atoms with Crippen LogP contribution in [0.4, 0.5) is 0 Å². The average Bonchev–Trinajstić information content (AvgIpc) is 3.89. The minimum Gasteiger partial charge on any atom is -0.309 e. The maximum Gasteiger partial charge on any atom is 0.160 e. The fourth-order valence-electron chi connectivity index (χ4n) is 9.67. The molecule has 12 rings (SSSR count). The van der Waals surface area contributed by atoms with E-state index >= 15 is 0 Å². The topological polar surface area (TPSA) is 30.7 Å². The molecule has 0 radical (unpaired) electrons. The molecule has 3 heteroatoms. The lowest BCUT2D eigenvalue weighted by atomic mass is 9.72. The van der Waals surface area contributed by atoms with Crippen molar-refractivity contribution in [2.24, 2.45) is 0 Å². The van der Waals surface area contributed by atoms with Gasteiger partial charge in [0.2, 0.25) is 0 Å². The predicted molar refractivity (Wildman–Crippen MR) is 229 cm³/mol. The Morgan fingerprint density at radius 1 is 0.357 bits per heavy atom. The highest BCUT2D eigenvalue weighted by molar-refractivity contribution is 6.09. The predicted octanol–water partition coefficient (Wildman–Crippen LogP) is 12.9. The minimum absolute atomic E-state index is 0.557. The van der Waals surface area contributed by atoms with E-state index in [0.29, 0.717) is 0 Å². The van der Waals surface area contributed by atoms with Crippen LogP contribution in [0, 0.1) is 0 Å². The van der Waals surface area contributed by atoms with Gasteiger partial charge in [-0.1, -0.05) is 176 Å². The third-order valence-electron chi connectivity index (χ3n) is 12.0. The number of hydrogen-bond acceptors (Lipinski definition) is 2. The van der Waals surface area contributed by atoms with Crippen molar-refractivity contribution in [3.8, 4) is 61.7 Å². The molecule has 0 aliphatic heterocycles. The average molecular weight is 712 g/mol. The van der Waals surface area contributed by atoms with Crippen LogP contribution in [-0.2, 0) is 5.41 Å².